The molecule has 2 nitrogen and oxygen atoms in total. The van der Waals surface area contributed by atoms with Crippen LogP contribution in [0.3, 0.4) is 0 Å². The molecule has 1 heterocycles. The predicted molar refractivity (Wildman–Crippen MR) is 72.9 cm³/mol. The third-order valence-corrected chi connectivity index (χ3v) is 3.29. The van der Waals surface area contributed by atoms with Crippen LogP contribution in [0.5, 0.6) is 11.5 Å². The number of hydrogen-bond donors (Lipinski definition) is 1. The van der Waals surface area contributed by atoms with Gasteiger partial charge in [0, 0.05) is 11.1 Å². The molecule has 0 unspecified atom stereocenters. The zero-order valence-electron chi connectivity index (χ0n) is 10.8. The summed E-state index contributed by atoms with van der Waals surface area (Å²) in [7, 11) is 0. The van der Waals surface area contributed by atoms with E-state index in [2.05, 4.69) is 0 Å². The molecule has 1 aliphatic heterocycles. The number of rotatable bonds is 1. The van der Waals surface area contributed by atoms with Gasteiger partial charge in [-0.3, -0.25) is 0 Å². The lowest BCUT2D eigenvalue weighted by Gasteiger charge is -2.12. The molecule has 0 aliphatic carbocycles. The van der Waals surface area contributed by atoms with E-state index in [4.69, 9.17) is 4.74 Å². The highest BCUT2D eigenvalue weighted by Crippen LogP contribution is 2.40. The summed E-state index contributed by atoms with van der Waals surface area (Å²) in [5.74, 6) is 0.552. The Morgan fingerprint density at radius 3 is 2.48 bits per heavy atom. The van der Waals surface area contributed by atoms with Gasteiger partial charge in [0.25, 0.3) is 0 Å². The topological polar surface area (TPSA) is 29.5 Å². The molecular formula is C16H11F3O2. The lowest BCUT2D eigenvalue weighted by molar-refractivity contribution is -0.137. The van der Waals surface area contributed by atoms with Crippen LogP contribution in [0, 0.1) is 0 Å². The number of fused-ring (bicyclic) bond motifs is 2. The summed E-state index contributed by atoms with van der Waals surface area (Å²) < 4.78 is 44.0. The third-order valence-electron chi connectivity index (χ3n) is 3.29. The first-order chi connectivity index (χ1) is 9.99. The van der Waals surface area contributed by atoms with Crippen LogP contribution in [0.1, 0.15) is 16.7 Å². The average molecular weight is 292 g/mol. The molecular weight excluding hydrogens is 281 g/mol. The van der Waals surface area contributed by atoms with E-state index < -0.39 is 11.7 Å². The van der Waals surface area contributed by atoms with E-state index in [0.717, 1.165) is 12.1 Å². The molecule has 0 aromatic heterocycles. The van der Waals surface area contributed by atoms with E-state index in [9.17, 15) is 18.3 Å². The van der Waals surface area contributed by atoms with Gasteiger partial charge in [0.15, 0.2) is 0 Å². The number of aliphatic hydroxyl groups is 1. The highest BCUT2D eigenvalue weighted by Gasteiger charge is 2.31. The van der Waals surface area contributed by atoms with Gasteiger partial charge in [0.2, 0.25) is 0 Å². The predicted octanol–water partition coefficient (Wildman–Crippen LogP) is 4.34. The SMILES string of the molecule is OCC1=Cc2ccc(C(F)(F)F)cc2Oc2ccccc21. The molecule has 0 saturated heterocycles. The standard InChI is InChI=1S/C16H11F3O2/c17-16(18,19)12-6-5-10-7-11(9-20)13-3-1-2-4-14(13)21-15(10)8-12/h1-8,20H,9H2. The van der Waals surface area contributed by atoms with Gasteiger partial charge in [-0.05, 0) is 29.8 Å². The fraction of sp³-hybridized carbons (Fsp3) is 0.125. The molecule has 3 rings (SSSR count). The molecule has 5 heteroatoms. The summed E-state index contributed by atoms with van der Waals surface area (Å²) in [5.41, 5.74) is 1.01. The zero-order chi connectivity index (χ0) is 15.0. The number of benzene rings is 2. The molecule has 0 spiro atoms. The number of halogens is 3. The fourth-order valence-corrected chi connectivity index (χ4v) is 2.25. The maximum absolute atomic E-state index is 12.8. The molecule has 0 radical (unpaired) electrons. The van der Waals surface area contributed by atoms with Crippen LogP contribution in [0.2, 0.25) is 0 Å². The summed E-state index contributed by atoms with van der Waals surface area (Å²) in [6.07, 6.45) is -2.78. The van der Waals surface area contributed by atoms with Crippen molar-refractivity contribution in [2.24, 2.45) is 0 Å². The molecule has 1 aliphatic rings. The van der Waals surface area contributed by atoms with Crippen molar-refractivity contribution in [1.82, 2.24) is 0 Å². The molecule has 0 fully saturated rings. The Kier molecular flexibility index (Phi) is 3.22. The van der Waals surface area contributed by atoms with Gasteiger partial charge in [-0.15, -0.1) is 0 Å². The molecule has 0 atom stereocenters. The molecule has 21 heavy (non-hydrogen) atoms. The van der Waals surface area contributed by atoms with Crippen LogP contribution >= 0.6 is 0 Å². The molecule has 108 valence electrons. The van der Waals surface area contributed by atoms with Crippen molar-refractivity contribution in [3.63, 3.8) is 0 Å². The molecule has 0 saturated carbocycles. The Hall–Kier alpha value is -2.27. The van der Waals surface area contributed by atoms with E-state index in [0.29, 0.717) is 22.4 Å². The van der Waals surface area contributed by atoms with Crippen molar-refractivity contribution in [2.45, 2.75) is 6.18 Å². The second-order valence-corrected chi connectivity index (χ2v) is 4.68. The normalized spacial score (nSPS) is 13.6. The van der Waals surface area contributed by atoms with Crippen LogP contribution in [-0.2, 0) is 6.18 Å². The monoisotopic (exact) mass is 292 g/mol. The summed E-state index contributed by atoms with van der Waals surface area (Å²) in [6, 6.07) is 10.3. The maximum Gasteiger partial charge on any atom is 0.416 e. The molecule has 2 aromatic rings. The van der Waals surface area contributed by atoms with Gasteiger partial charge in [-0.25, -0.2) is 0 Å². The lowest BCUT2D eigenvalue weighted by atomic mass is 10.0. The lowest BCUT2D eigenvalue weighted by Crippen LogP contribution is -2.05. The van der Waals surface area contributed by atoms with Crippen LogP contribution < -0.4 is 4.74 Å². The molecule has 0 bridgehead atoms. The van der Waals surface area contributed by atoms with Crippen molar-refractivity contribution >= 4 is 11.6 Å². The number of hydrogen-bond acceptors (Lipinski definition) is 2. The Morgan fingerprint density at radius 1 is 1.00 bits per heavy atom. The second kappa shape index (κ2) is 4.93. The highest BCUT2D eigenvalue weighted by atomic mass is 19.4. The summed E-state index contributed by atoms with van der Waals surface area (Å²) in [6.45, 7) is -0.221. The van der Waals surface area contributed by atoms with Gasteiger partial charge in [0.05, 0.1) is 12.2 Å². The van der Waals surface area contributed by atoms with E-state index >= 15 is 0 Å². The number of para-hydroxylation sites is 1. The van der Waals surface area contributed by atoms with Crippen molar-refractivity contribution in [3.8, 4) is 11.5 Å². The average Bonchev–Trinajstić information content (AvgIpc) is 2.61. The van der Waals surface area contributed by atoms with Crippen LogP contribution in [0.25, 0.3) is 11.6 Å². The number of alkyl halides is 3. The Bertz CT molecular complexity index is 718. The first-order valence-corrected chi connectivity index (χ1v) is 6.29. The first-order valence-electron chi connectivity index (χ1n) is 6.29. The summed E-state index contributed by atoms with van der Waals surface area (Å²) >= 11 is 0. The highest BCUT2D eigenvalue weighted by molar-refractivity contribution is 5.87. The Labute approximate surface area is 119 Å². The van der Waals surface area contributed by atoms with Crippen molar-refractivity contribution in [2.75, 3.05) is 6.61 Å². The number of aliphatic hydroxyl groups excluding tert-OH is 1. The van der Waals surface area contributed by atoms with Gasteiger partial charge >= 0.3 is 6.18 Å². The van der Waals surface area contributed by atoms with Gasteiger partial charge in [-0.2, -0.15) is 13.2 Å². The fourth-order valence-electron chi connectivity index (χ4n) is 2.25. The minimum Gasteiger partial charge on any atom is -0.456 e. The minimum atomic E-state index is -4.42. The first kappa shape index (κ1) is 13.7. The van der Waals surface area contributed by atoms with Crippen LogP contribution in [-0.4, -0.2) is 11.7 Å². The van der Waals surface area contributed by atoms with Crippen LogP contribution in [0.4, 0.5) is 13.2 Å². The summed E-state index contributed by atoms with van der Waals surface area (Å²) in [4.78, 5) is 0. The zero-order valence-corrected chi connectivity index (χ0v) is 10.8. The molecule has 2 aromatic carbocycles. The van der Waals surface area contributed by atoms with E-state index in [1.54, 1.807) is 30.3 Å². The second-order valence-electron chi connectivity index (χ2n) is 4.68. The van der Waals surface area contributed by atoms with Gasteiger partial charge in [-0.1, -0.05) is 24.3 Å². The van der Waals surface area contributed by atoms with E-state index in [-0.39, 0.29) is 12.4 Å². The van der Waals surface area contributed by atoms with Crippen molar-refractivity contribution < 1.29 is 23.0 Å². The van der Waals surface area contributed by atoms with Gasteiger partial charge in [0.1, 0.15) is 11.5 Å². The minimum absolute atomic E-state index is 0.126. The van der Waals surface area contributed by atoms with Gasteiger partial charge < -0.3 is 9.84 Å². The smallest absolute Gasteiger partial charge is 0.416 e. The quantitative estimate of drug-likeness (QED) is 0.847. The van der Waals surface area contributed by atoms with Crippen LogP contribution in [0.15, 0.2) is 42.5 Å². The maximum atomic E-state index is 12.8. The molecule has 0 amide bonds. The Morgan fingerprint density at radius 2 is 1.76 bits per heavy atom. The van der Waals surface area contributed by atoms with E-state index in [1.165, 1.54) is 6.07 Å². The largest absolute Gasteiger partial charge is 0.456 e. The van der Waals surface area contributed by atoms with E-state index in [1.807, 2.05) is 0 Å². The number of ether oxygens (including phenoxy) is 1. The van der Waals surface area contributed by atoms with Crippen molar-refractivity contribution in [1.29, 1.82) is 0 Å². The molecule has 1 N–H and O–H groups in total. The van der Waals surface area contributed by atoms with Crippen molar-refractivity contribution in [3.05, 3.63) is 59.2 Å². The third kappa shape index (κ3) is 2.52. The summed E-state index contributed by atoms with van der Waals surface area (Å²) in [5, 5.41) is 9.47. The Balaban J connectivity index is 2.17.